The van der Waals surface area contributed by atoms with Crippen LogP contribution in [0.25, 0.3) is 6.08 Å². The second-order valence-electron chi connectivity index (χ2n) is 17.4. The minimum atomic E-state index is -2.27. The Balaban J connectivity index is 1.37. The summed E-state index contributed by atoms with van der Waals surface area (Å²) in [5.74, 6) is -6.68. The molecule has 1 heterocycles. The number of Topliss-reactive ketones (excluding diaryl/α,β-unsaturated/α-hetero) is 1. The molecule has 0 spiro atoms. The van der Waals surface area contributed by atoms with Crippen LogP contribution in [-0.4, -0.2) is 94.8 Å². The zero-order valence-corrected chi connectivity index (χ0v) is 36.1. The summed E-state index contributed by atoms with van der Waals surface area (Å²) in [6.07, 6.45) is -5.18. The summed E-state index contributed by atoms with van der Waals surface area (Å²) in [6.45, 7) is 9.42. The van der Waals surface area contributed by atoms with E-state index in [0.717, 1.165) is 13.0 Å². The van der Waals surface area contributed by atoms with Crippen molar-refractivity contribution in [2.24, 2.45) is 16.7 Å². The maximum Gasteiger partial charge on any atom is 0.338 e. The topological polar surface area (TPSA) is 195 Å². The van der Waals surface area contributed by atoms with E-state index in [-0.39, 0.29) is 36.4 Å². The van der Waals surface area contributed by atoms with E-state index >= 15 is 4.79 Å². The van der Waals surface area contributed by atoms with Crippen LogP contribution in [0.15, 0.2) is 102 Å². The van der Waals surface area contributed by atoms with E-state index in [4.69, 9.17) is 28.4 Å². The number of carbonyl (C=O) groups is 7. The zero-order chi connectivity index (χ0) is 45.6. The molecule has 3 aliphatic carbocycles. The minimum Gasteiger partial charge on any atom is -0.458 e. The van der Waals surface area contributed by atoms with E-state index in [9.17, 15) is 33.9 Å². The van der Waals surface area contributed by atoms with E-state index in [1.807, 2.05) is 6.07 Å². The summed E-state index contributed by atoms with van der Waals surface area (Å²) >= 11 is 0. The minimum absolute atomic E-state index is 0.0930. The summed E-state index contributed by atoms with van der Waals surface area (Å²) < 4.78 is 36.5. The first-order chi connectivity index (χ1) is 29.7. The van der Waals surface area contributed by atoms with Crippen molar-refractivity contribution >= 4 is 47.5 Å². The third-order valence-corrected chi connectivity index (χ3v) is 13.3. The first kappa shape index (κ1) is 44.8. The van der Waals surface area contributed by atoms with Crippen LogP contribution in [0.4, 0.5) is 0 Å². The first-order valence-corrected chi connectivity index (χ1v) is 20.7. The molecule has 1 saturated heterocycles. The van der Waals surface area contributed by atoms with E-state index in [1.165, 1.54) is 39.0 Å². The number of aliphatic hydroxyl groups is 1. The van der Waals surface area contributed by atoms with Gasteiger partial charge < -0.3 is 33.5 Å². The van der Waals surface area contributed by atoms with Gasteiger partial charge in [-0.2, -0.15) is 0 Å². The average molecular weight is 863 g/mol. The largest absolute Gasteiger partial charge is 0.458 e. The Hall–Kier alpha value is -6.25. The van der Waals surface area contributed by atoms with Crippen LogP contribution in [0.1, 0.15) is 93.2 Å². The van der Waals surface area contributed by atoms with Gasteiger partial charge >= 0.3 is 29.8 Å². The Morgan fingerprint density at radius 2 is 1.33 bits per heavy atom. The third-order valence-electron chi connectivity index (χ3n) is 13.3. The summed E-state index contributed by atoms with van der Waals surface area (Å²) in [5.41, 5.74) is -5.69. The van der Waals surface area contributed by atoms with Crippen molar-refractivity contribution in [2.45, 2.75) is 103 Å². The Bertz CT molecular complexity index is 2400. The van der Waals surface area contributed by atoms with E-state index < -0.39 is 94.1 Å². The number of hydrogen-bond donors (Lipinski definition) is 1. The highest BCUT2D eigenvalue weighted by atomic mass is 16.6. The Kier molecular flexibility index (Phi) is 11.9. The molecule has 0 amide bonds. The maximum absolute atomic E-state index is 15.9. The molecule has 4 aliphatic rings. The fourth-order valence-electron chi connectivity index (χ4n) is 10.2. The number of carbonyl (C=O) groups excluding carboxylic acids is 7. The lowest BCUT2D eigenvalue weighted by atomic mass is 9.44. The number of esters is 5. The van der Waals surface area contributed by atoms with Crippen molar-refractivity contribution in [3.63, 3.8) is 0 Å². The van der Waals surface area contributed by atoms with Gasteiger partial charge in [0.15, 0.2) is 23.3 Å². The lowest BCUT2D eigenvalue weighted by Gasteiger charge is -2.67. The molecule has 0 unspecified atom stereocenters. The smallest absolute Gasteiger partial charge is 0.338 e. The molecule has 7 rings (SSSR count). The van der Waals surface area contributed by atoms with Crippen LogP contribution in [0.3, 0.4) is 0 Å². The van der Waals surface area contributed by atoms with Gasteiger partial charge in [-0.15, -0.1) is 0 Å². The maximum atomic E-state index is 15.9. The van der Waals surface area contributed by atoms with Crippen molar-refractivity contribution in [3.05, 3.63) is 124 Å². The summed E-state index contributed by atoms with van der Waals surface area (Å²) in [6, 6.07) is 23.3. The van der Waals surface area contributed by atoms with Crippen molar-refractivity contribution in [1.29, 1.82) is 0 Å². The quantitative estimate of drug-likeness (QED) is 0.0855. The molecule has 1 aliphatic heterocycles. The number of ketones is 2. The SMILES string of the molecule is CC(=O)O[C@H]1C(=O)[C@]2(C)[C@@H](OC(=O)/C=C/c3ccc(C(=O)c4ccccc4)cc3)C[C@H]3OC[C@@]3(OC(C)=O)[C@H]2[C@H](OC(=O)c2ccccc2)[C@]2(O)C[C@H](OC(C)=O)C(C)=C1C2(C)C. The normalized spacial score (nSPS) is 30.6. The summed E-state index contributed by atoms with van der Waals surface area (Å²) in [7, 11) is 0. The van der Waals surface area contributed by atoms with Gasteiger partial charge in [0.2, 0.25) is 0 Å². The second kappa shape index (κ2) is 16.8. The molecule has 9 atom stereocenters. The number of rotatable bonds is 10. The van der Waals surface area contributed by atoms with E-state index in [1.54, 1.807) is 87.5 Å². The molecular weight excluding hydrogens is 813 g/mol. The first-order valence-electron chi connectivity index (χ1n) is 20.7. The molecule has 0 radical (unpaired) electrons. The van der Waals surface area contributed by atoms with Crippen LogP contribution in [0, 0.1) is 16.7 Å². The standard InChI is InChI=1S/C49H50O14/c1-27-35(59-28(2)50)25-49(57)44(62-45(56)34-16-12-9-13-17-34)42-47(7,43(55)41(60-29(3)51)39(27)46(49,5)6)36(24-37-48(42,26-58-37)63-30(4)52)61-38(53)23-20-31-18-21-33(22-19-31)40(54)32-14-10-8-11-15-32/h8-23,35-37,41-42,44,57H,24-26H2,1-7H3/b23-20+/t35-,36-,37+,41+,42-,44-,47+,48-,49+/m0/s1. The van der Waals surface area contributed by atoms with Gasteiger partial charge in [0.1, 0.15) is 30.0 Å². The second-order valence-corrected chi connectivity index (χ2v) is 17.4. The van der Waals surface area contributed by atoms with Crippen molar-refractivity contribution in [2.75, 3.05) is 6.61 Å². The predicted octanol–water partition coefficient (Wildman–Crippen LogP) is 5.72. The predicted molar refractivity (Wildman–Crippen MR) is 223 cm³/mol. The van der Waals surface area contributed by atoms with Gasteiger partial charge in [-0.3, -0.25) is 24.0 Å². The molecule has 1 N–H and O–H groups in total. The van der Waals surface area contributed by atoms with Crippen LogP contribution >= 0.6 is 0 Å². The third kappa shape index (κ3) is 7.79. The molecule has 2 saturated carbocycles. The number of fused-ring (bicyclic) bond motifs is 5. The van der Waals surface area contributed by atoms with Crippen molar-refractivity contribution in [1.82, 2.24) is 0 Å². The zero-order valence-electron chi connectivity index (χ0n) is 36.1. The van der Waals surface area contributed by atoms with Crippen LogP contribution in [0.5, 0.6) is 0 Å². The molecule has 14 heteroatoms. The van der Waals surface area contributed by atoms with Gasteiger partial charge in [0.25, 0.3) is 0 Å². The van der Waals surface area contributed by atoms with Gasteiger partial charge in [-0.1, -0.05) is 86.6 Å². The van der Waals surface area contributed by atoms with E-state index in [2.05, 4.69) is 0 Å². The van der Waals surface area contributed by atoms with Crippen molar-refractivity contribution < 1.29 is 67.1 Å². The molecule has 14 nitrogen and oxygen atoms in total. The van der Waals surface area contributed by atoms with Gasteiger partial charge in [0, 0.05) is 56.2 Å². The molecule has 3 fully saturated rings. The van der Waals surface area contributed by atoms with Crippen molar-refractivity contribution in [3.8, 4) is 0 Å². The molecule has 3 aromatic carbocycles. The highest BCUT2D eigenvalue weighted by Crippen LogP contribution is 2.65. The Morgan fingerprint density at radius 1 is 0.746 bits per heavy atom. The Morgan fingerprint density at radius 3 is 1.89 bits per heavy atom. The lowest BCUT2D eigenvalue weighted by Crippen LogP contribution is -2.82. The summed E-state index contributed by atoms with van der Waals surface area (Å²) in [5, 5.41) is 13.6. The number of ether oxygens (including phenoxy) is 6. The van der Waals surface area contributed by atoms with Gasteiger partial charge in [-0.25, -0.2) is 9.59 Å². The Labute approximate surface area is 364 Å². The highest BCUT2D eigenvalue weighted by molar-refractivity contribution is 6.09. The average Bonchev–Trinajstić information content (AvgIpc) is 3.23. The van der Waals surface area contributed by atoms with Crippen LogP contribution in [-0.2, 0) is 52.4 Å². The molecule has 2 bridgehead atoms. The fraction of sp³-hybridized carbons (Fsp3) is 0.408. The number of hydrogen-bond acceptors (Lipinski definition) is 14. The summed E-state index contributed by atoms with van der Waals surface area (Å²) in [4.78, 5) is 95.9. The van der Waals surface area contributed by atoms with Gasteiger partial charge in [0.05, 0.1) is 23.5 Å². The molecular formula is C49H50O14. The highest BCUT2D eigenvalue weighted by Gasteiger charge is 2.79. The van der Waals surface area contributed by atoms with E-state index in [0.29, 0.717) is 22.3 Å². The van der Waals surface area contributed by atoms with Crippen LogP contribution < -0.4 is 0 Å². The molecule has 3 aromatic rings. The molecule has 63 heavy (non-hydrogen) atoms. The monoisotopic (exact) mass is 862 g/mol. The van der Waals surface area contributed by atoms with Gasteiger partial charge in [-0.05, 0) is 48.8 Å². The number of benzene rings is 3. The lowest BCUT2D eigenvalue weighted by molar-refractivity contribution is -0.346. The fourth-order valence-corrected chi connectivity index (χ4v) is 10.2. The molecule has 330 valence electrons. The molecule has 0 aromatic heterocycles. The van der Waals surface area contributed by atoms with Crippen LogP contribution in [0.2, 0.25) is 0 Å².